The molecule has 3 nitrogen and oxygen atoms in total. The van der Waals surface area contributed by atoms with Crippen LogP contribution in [0.25, 0.3) is 0 Å². The van der Waals surface area contributed by atoms with E-state index in [2.05, 4.69) is 17.3 Å². The first-order valence-electron chi connectivity index (χ1n) is 6.79. The Hall–Kier alpha value is -1.04. The highest BCUT2D eigenvalue weighted by Crippen LogP contribution is 2.21. The molecule has 0 saturated heterocycles. The third-order valence-electron chi connectivity index (χ3n) is 2.95. The number of hydrogen-bond donors (Lipinski definition) is 1. The monoisotopic (exact) mass is 277 g/mol. The van der Waals surface area contributed by atoms with E-state index in [0.717, 1.165) is 24.4 Å². The van der Waals surface area contributed by atoms with Crippen molar-refractivity contribution in [2.24, 2.45) is 0 Å². The molecule has 0 amide bonds. The number of rotatable bonds is 8. The normalized spacial score (nSPS) is 12.1. The van der Waals surface area contributed by atoms with Gasteiger partial charge in [-0.3, -0.25) is 4.68 Å². The van der Waals surface area contributed by atoms with Gasteiger partial charge in [-0.15, -0.1) is 0 Å². The molecule has 0 fully saturated rings. The second-order valence-corrected chi connectivity index (χ2v) is 4.55. The standard InChI is InChI=1S/C13H22F3N3/c1-3-11-9-12(19(4-2)18-11)10-17-8-6-5-7-13(14,15)16/h9,17H,3-8,10H2,1-2H3. The fourth-order valence-electron chi connectivity index (χ4n) is 1.90. The zero-order chi connectivity index (χ0) is 14.3. The lowest BCUT2D eigenvalue weighted by Gasteiger charge is -2.08. The second kappa shape index (κ2) is 7.53. The fourth-order valence-corrected chi connectivity index (χ4v) is 1.90. The van der Waals surface area contributed by atoms with Crippen LogP contribution in [0.2, 0.25) is 0 Å². The van der Waals surface area contributed by atoms with Gasteiger partial charge in [-0.25, -0.2) is 0 Å². The van der Waals surface area contributed by atoms with Gasteiger partial charge in [0.1, 0.15) is 0 Å². The van der Waals surface area contributed by atoms with E-state index in [-0.39, 0.29) is 6.42 Å². The van der Waals surface area contributed by atoms with Crippen molar-refractivity contribution >= 4 is 0 Å². The van der Waals surface area contributed by atoms with Gasteiger partial charge in [0.2, 0.25) is 0 Å². The first-order valence-corrected chi connectivity index (χ1v) is 6.79. The molecule has 1 aromatic heterocycles. The van der Waals surface area contributed by atoms with Crippen molar-refractivity contribution < 1.29 is 13.2 Å². The summed E-state index contributed by atoms with van der Waals surface area (Å²) in [4.78, 5) is 0. The Kier molecular flexibility index (Phi) is 6.34. The molecule has 1 aromatic rings. The summed E-state index contributed by atoms with van der Waals surface area (Å²) in [6, 6.07) is 2.05. The Morgan fingerprint density at radius 2 is 2.00 bits per heavy atom. The van der Waals surface area contributed by atoms with E-state index in [1.54, 1.807) is 0 Å². The maximum absolute atomic E-state index is 11.9. The third-order valence-corrected chi connectivity index (χ3v) is 2.95. The molecule has 0 aromatic carbocycles. The van der Waals surface area contributed by atoms with Crippen LogP contribution in [0.15, 0.2) is 6.07 Å². The Balaban J connectivity index is 2.24. The van der Waals surface area contributed by atoms with E-state index in [4.69, 9.17) is 0 Å². The summed E-state index contributed by atoms with van der Waals surface area (Å²) in [6.45, 7) is 6.15. The second-order valence-electron chi connectivity index (χ2n) is 4.55. The average molecular weight is 277 g/mol. The molecule has 0 spiro atoms. The minimum Gasteiger partial charge on any atom is -0.311 e. The van der Waals surface area contributed by atoms with Crippen LogP contribution in [0.5, 0.6) is 0 Å². The van der Waals surface area contributed by atoms with Crippen LogP contribution >= 0.6 is 0 Å². The minimum atomic E-state index is -4.03. The SMILES string of the molecule is CCc1cc(CNCCCCC(F)(F)F)n(CC)n1. The summed E-state index contributed by atoms with van der Waals surface area (Å²) in [5.74, 6) is 0. The number of nitrogens with one attached hydrogen (secondary N) is 1. The molecule has 0 saturated carbocycles. The van der Waals surface area contributed by atoms with Crippen LogP contribution < -0.4 is 5.32 Å². The molecule has 0 aliphatic carbocycles. The number of aromatic nitrogens is 2. The van der Waals surface area contributed by atoms with Gasteiger partial charge in [0.15, 0.2) is 0 Å². The molecule has 0 atom stereocenters. The maximum Gasteiger partial charge on any atom is 0.389 e. The molecule has 1 N–H and O–H groups in total. The van der Waals surface area contributed by atoms with Crippen LogP contribution in [-0.4, -0.2) is 22.5 Å². The molecule has 110 valence electrons. The number of unbranched alkanes of at least 4 members (excludes halogenated alkanes) is 1. The number of hydrogen-bond acceptors (Lipinski definition) is 2. The van der Waals surface area contributed by atoms with Crippen molar-refractivity contribution in [3.05, 3.63) is 17.5 Å². The Labute approximate surface area is 112 Å². The van der Waals surface area contributed by atoms with Crippen LogP contribution in [0.1, 0.15) is 44.5 Å². The third kappa shape index (κ3) is 6.09. The predicted molar refractivity (Wildman–Crippen MR) is 68.9 cm³/mol. The van der Waals surface area contributed by atoms with Crippen molar-refractivity contribution in [2.45, 2.75) is 58.8 Å². The predicted octanol–water partition coefficient (Wildman–Crippen LogP) is 3.29. The number of alkyl halides is 3. The summed E-state index contributed by atoms with van der Waals surface area (Å²) in [6.07, 6.45) is -3.10. The first-order chi connectivity index (χ1) is 8.96. The van der Waals surface area contributed by atoms with Crippen molar-refractivity contribution in [3.8, 4) is 0 Å². The van der Waals surface area contributed by atoms with Crippen LogP contribution in [0, 0.1) is 0 Å². The Bertz CT molecular complexity index is 372. The topological polar surface area (TPSA) is 29.9 Å². The van der Waals surface area contributed by atoms with Gasteiger partial charge < -0.3 is 5.32 Å². The summed E-state index contributed by atoms with van der Waals surface area (Å²) in [5, 5.41) is 7.59. The number of nitrogens with zero attached hydrogens (tertiary/aromatic N) is 2. The Morgan fingerprint density at radius 1 is 1.26 bits per heavy atom. The van der Waals surface area contributed by atoms with Crippen molar-refractivity contribution in [2.75, 3.05) is 6.54 Å². The van der Waals surface area contributed by atoms with Gasteiger partial charge in [-0.1, -0.05) is 6.92 Å². The van der Waals surface area contributed by atoms with Crippen LogP contribution in [0.3, 0.4) is 0 Å². The molecule has 0 radical (unpaired) electrons. The molecular formula is C13H22F3N3. The van der Waals surface area contributed by atoms with Crippen LogP contribution in [-0.2, 0) is 19.5 Å². The van der Waals surface area contributed by atoms with Crippen molar-refractivity contribution in [1.82, 2.24) is 15.1 Å². The zero-order valence-corrected chi connectivity index (χ0v) is 11.6. The van der Waals surface area contributed by atoms with Gasteiger partial charge in [0, 0.05) is 19.5 Å². The van der Waals surface area contributed by atoms with Gasteiger partial charge in [-0.2, -0.15) is 18.3 Å². The molecule has 0 unspecified atom stereocenters. The smallest absolute Gasteiger partial charge is 0.311 e. The summed E-state index contributed by atoms with van der Waals surface area (Å²) < 4.78 is 37.7. The molecule has 6 heteroatoms. The van der Waals surface area contributed by atoms with Gasteiger partial charge in [0.25, 0.3) is 0 Å². The number of halogens is 3. The molecule has 1 heterocycles. The lowest BCUT2D eigenvalue weighted by Crippen LogP contribution is -2.18. The molecule has 1 rings (SSSR count). The first kappa shape index (κ1) is 16.0. The summed E-state index contributed by atoms with van der Waals surface area (Å²) in [5.41, 5.74) is 2.14. The van der Waals surface area contributed by atoms with E-state index < -0.39 is 12.6 Å². The van der Waals surface area contributed by atoms with E-state index in [0.29, 0.717) is 19.5 Å². The highest BCUT2D eigenvalue weighted by Gasteiger charge is 2.25. The average Bonchev–Trinajstić information content (AvgIpc) is 2.74. The molecule has 19 heavy (non-hydrogen) atoms. The van der Waals surface area contributed by atoms with Crippen molar-refractivity contribution in [3.63, 3.8) is 0 Å². The van der Waals surface area contributed by atoms with E-state index >= 15 is 0 Å². The van der Waals surface area contributed by atoms with Crippen molar-refractivity contribution in [1.29, 1.82) is 0 Å². The number of aryl methyl sites for hydroxylation is 2. The minimum absolute atomic E-state index is 0.184. The van der Waals surface area contributed by atoms with Gasteiger partial charge in [0.05, 0.1) is 11.4 Å². The van der Waals surface area contributed by atoms with E-state index in [9.17, 15) is 13.2 Å². The largest absolute Gasteiger partial charge is 0.389 e. The lowest BCUT2D eigenvalue weighted by molar-refractivity contribution is -0.135. The van der Waals surface area contributed by atoms with Gasteiger partial charge in [-0.05, 0) is 38.8 Å². The zero-order valence-electron chi connectivity index (χ0n) is 11.6. The summed E-state index contributed by atoms with van der Waals surface area (Å²) >= 11 is 0. The summed E-state index contributed by atoms with van der Waals surface area (Å²) in [7, 11) is 0. The van der Waals surface area contributed by atoms with E-state index in [1.807, 2.05) is 17.7 Å². The quantitative estimate of drug-likeness (QED) is 0.739. The van der Waals surface area contributed by atoms with Crippen LogP contribution in [0.4, 0.5) is 13.2 Å². The lowest BCUT2D eigenvalue weighted by atomic mass is 10.2. The van der Waals surface area contributed by atoms with E-state index in [1.165, 1.54) is 0 Å². The Morgan fingerprint density at radius 3 is 2.58 bits per heavy atom. The fraction of sp³-hybridized carbons (Fsp3) is 0.769. The highest BCUT2D eigenvalue weighted by atomic mass is 19.4. The maximum atomic E-state index is 11.9. The molecule has 0 aliphatic heterocycles. The van der Waals surface area contributed by atoms with Gasteiger partial charge >= 0.3 is 6.18 Å². The molecular weight excluding hydrogens is 255 g/mol. The highest BCUT2D eigenvalue weighted by molar-refractivity contribution is 5.10. The molecule has 0 aliphatic rings. The molecule has 0 bridgehead atoms.